The van der Waals surface area contributed by atoms with E-state index in [1.807, 2.05) is 0 Å². The van der Waals surface area contributed by atoms with Gasteiger partial charge in [-0.25, -0.2) is 0 Å². The quantitative estimate of drug-likeness (QED) is 0.196. The summed E-state index contributed by atoms with van der Waals surface area (Å²) in [6.45, 7) is 13.4. The normalized spacial score (nSPS) is 49.2. The van der Waals surface area contributed by atoms with Crippen molar-refractivity contribution in [3.05, 3.63) is 0 Å². The van der Waals surface area contributed by atoms with Gasteiger partial charge in [-0.05, 0) is 111 Å². The summed E-state index contributed by atoms with van der Waals surface area (Å²) in [5.74, 6) is 0.240. The Kier molecular flexibility index (Phi) is 8.03. The van der Waals surface area contributed by atoms with Gasteiger partial charge < -0.3 is 39.7 Å². The monoisotopic (exact) mass is 633 g/mol. The van der Waals surface area contributed by atoms with Gasteiger partial charge in [0.15, 0.2) is 12.4 Å². The van der Waals surface area contributed by atoms with E-state index in [9.17, 15) is 24.6 Å². The zero-order chi connectivity index (χ0) is 33.0. The molecule has 45 heavy (non-hydrogen) atoms. The molecule has 5 saturated carbocycles. The van der Waals surface area contributed by atoms with Gasteiger partial charge in [0, 0.05) is 6.92 Å². The van der Waals surface area contributed by atoms with E-state index in [0.29, 0.717) is 24.9 Å². The molecule has 5 aliphatic carbocycles. The van der Waals surface area contributed by atoms with Crippen molar-refractivity contribution in [3.8, 4) is 0 Å². The number of nitrogens with two attached hydrogens (primary N) is 1. The molecule has 1 aliphatic heterocycles. The second kappa shape index (κ2) is 10.8. The lowest BCUT2D eigenvalue weighted by molar-refractivity contribution is -0.218. The summed E-state index contributed by atoms with van der Waals surface area (Å²) in [5, 5.41) is 23.3. The Bertz CT molecular complexity index is 1200. The first-order chi connectivity index (χ1) is 20.9. The highest BCUT2D eigenvalue weighted by molar-refractivity contribution is 5.66. The molecule has 6 aliphatic rings. The molecular weight excluding hydrogens is 578 g/mol. The number of rotatable bonds is 9. The van der Waals surface area contributed by atoms with Crippen LogP contribution >= 0.6 is 0 Å². The van der Waals surface area contributed by atoms with Gasteiger partial charge in [-0.15, -0.1) is 0 Å². The number of fused-ring (bicyclic) bond motifs is 4. The Labute approximate surface area is 267 Å². The van der Waals surface area contributed by atoms with Gasteiger partial charge in [0.05, 0.1) is 35.6 Å². The van der Waals surface area contributed by atoms with Crippen LogP contribution in [-0.4, -0.2) is 83.3 Å². The SMILES string of the molecule is CC(=O)OC(C1CC(C)C2C(O1)C(O)C1(N)C3CCC4C(C)(C)C(OC(C=O)OCC=O)CCC45CC35CCC21C)C(C)(C)O. The van der Waals surface area contributed by atoms with Crippen LogP contribution in [-0.2, 0) is 33.3 Å². The minimum absolute atomic E-state index is 0.0367. The van der Waals surface area contributed by atoms with E-state index in [4.69, 9.17) is 24.7 Å². The van der Waals surface area contributed by atoms with Crippen LogP contribution in [0.4, 0.5) is 0 Å². The molecule has 0 aromatic heterocycles. The Hall–Kier alpha value is -1.43. The Balaban J connectivity index is 1.27. The lowest BCUT2D eigenvalue weighted by atomic mass is 9.43. The number of hydrogen-bond donors (Lipinski definition) is 3. The molecule has 4 N–H and O–H groups in total. The molecule has 0 bridgehead atoms. The van der Waals surface area contributed by atoms with E-state index in [-0.39, 0.29) is 52.1 Å². The first-order valence-corrected chi connectivity index (χ1v) is 17.1. The minimum atomic E-state index is -1.31. The largest absolute Gasteiger partial charge is 0.457 e. The molecule has 0 amide bonds. The molecule has 6 fully saturated rings. The van der Waals surface area contributed by atoms with Gasteiger partial charge in [0.25, 0.3) is 0 Å². The Morgan fingerprint density at radius 1 is 1.09 bits per heavy atom. The zero-order valence-corrected chi connectivity index (χ0v) is 28.1. The standard InChI is InChI=1S/C35H55NO9/c1-19-16-21(29(31(5,6)41)43-20(2)39)44-27-26(19)32(7)12-13-34-18-33(34)11-10-24(45-25(17-38)42-15-14-37)30(3,4)22(33)8-9-23(34)35(32,36)28(27)40/h14,17,19,21-29,40-41H,8-13,15-16,18,36H2,1-7H3. The Morgan fingerprint density at radius 2 is 1.76 bits per heavy atom. The minimum Gasteiger partial charge on any atom is -0.457 e. The van der Waals surface area contributed by atoms with E-state index in [2.05, 4.69) is 27.7 Å². The van der Waals surface area contributed by atoms with Crippen LogP contribution in [0.2, 0.25) is 0 Å². The van der Waals surface area contributed by atoms with E-state index in [1.54, 1.807) is 13.8 Å². The van der Waals surface area contributed by atoms with Crippen molar-refractivity contribution < 1.29 is 43.5 Å². The molecule has 254 valence electrons. The first kappa shape index (κ1) is 33.5. The maximum Gasteiger partial charge on any atom is 0.303 e. The number of aliphatic hydroxyl groups excluding tert-OH is 1. The summed E-state index contributed by atoms with van der Waals surface area (Å²) in [4.78, 5) is 34.5. The topological polar surface area (TPSA) is 155 Å². The maximum absolute atomic E-state index is 12.3. The molecule has 1 saturated heterocycles. The van der Waals surface area contributed by atoms with Crippen molar-refractivity contribution in [3.63, 3.8) is 0 Å². The third-order valence-corrected chi connectivity index (χ3v) is 14.3. The molecule has 1 heterocycles. The second-order valence-corrected chi connectivity index (χ2v) is 17.0. The highest BCUT2D eigenvalue weighted by Crippen LogP contribution is 2.87. The van der Waals surface area contributed by atoms with E-state index in [0.717, 1.165) is 44.9 Å². The molecule has 0 aromatic carbocycles. The number of aldehydes is 2. The van der Waals surface area contributed by atoms with E-state index >= 15 is 0 Å². The van der Waals surface area contributed by atoms with Crippen molar-refractivity contribution in [2.45, 2.75) is 148 Å². The van der Waals surface area contributed by atoms with Crippen molar-refractivity contribution in [2.75, 3.05) is 6.61 Å². The summed E-state index contributed by atoms with van der Waals surface area (Å²) >= 11 is 0. The van der Waals surface area contributed by atoms with Crippen LogP contribution in [0.25, 0.3) is 0 Å². The smallest absolute Gasteiger partial charge is 0.303 e. The zero-order valence-electron chi connectivity index (χ0n) is 28.1. The number of carbonyl (C=O) groups is 3. The number of hydrogen-bond acceptors (Lipinski definition) is 10. The van der Waals surface area contributed by atoms with Crippen LogP contribution in [0.15, 0.2) is 0 Å². The molecule has 10 nitrogen and oxygen atoms in total. The summed E-state index contributed by atoms with van der Waals surface area (Å²) in [7, 11) is 0. The van der Waals surface area contributed by atoms with E-state index < -0.39 is 47.8 Å². The first-order valence-electron chi connectivity index (χ1n) is 17.1. The molecule has 14 atom stereocenters. The number of ether oxygens (including phenoxy) is 4. The summed E-state index contributed by atoms with van der Waals surface area (Å²) in [5.41, 5.74) is 5.14. The van der Waals surface area contributed by atoms with Crippen LogP contribution < -0.4 is 5.73 Å². The summed E-state index contributed by atoms with van der Waals surface area (Å²) < 4.78 is 23.9. The fourth-order valence-corrected chi connectivity index (χ4v) is 12.6. The summed E-state index contributed by atoms with van der Waals surface area (Å²) in [6, 6.07) is 0. The van der Waals surface area contributed by atoms with E-state index in [1.165, 1.54) is 6.92 Å². The van der Waals surface area contributed by atoms with Crippen LogP contribution in [0, 0.1) is 45.3 Å². The molecule has 14 unspecified atom stereocenters. The molecular formula is C35H55NO9. The average Bonchev–Trinajstić information content (AvgIpc) is 3.59. The van der Waals surface area contributed by atoms with Gasteiger partial charge in [-0.2, -0.15) is 0 Å². The van der Waals surface area contributed by atoms with Crippen LogP contribution in [0.3, 0.4) is 0 Å². The van der Waals surface area contributed by atoms with Crippen molar-refractivity contribution in [1.29, 1.82) is 0 Å². The van der Waals surface area contributed by atoms with Gasteiger partial charge in [0.2, 0.25) is 6.29 Å². The van der Waals surface area contributed by atoms with Gasteiger partial charge in [-0.1, -0.05) is 27.7 Å². The van der Waals surface area contributed by atoms with Crippen molar-refractivity contribution in [2.24, 2.45) is 51.1 Å². The molecule has 0 radical (unpaired) electrons. The molecule has 6 rings (SSSR count). The fourth-order valence-electron chi connectivity index (χ4n) is 12.6. The summed E-state index contributed by atoms with van der Waals surface area (Å²) in [6.07, 6.45) is 4.55. The second-order valence-electron chi connectivity index (χ2n) is 17.0. The molecule has 0 aromatic rings. The molecule has 2 spiro atoms. The fraction of sp³-hybridized carbons (Fsp3) is 0.914. The van der Waals surface area contributed by atoms with Gasteiger partial charge >= 0.3 is 5.97 Å². The van der Waals surface area contributed by atoms with Crippen LogP contribution in [0.5, 0.6) is 0 Å². The third-order valence-electron chi connectivity index (χ3n) is 14.3. The highest BCUT2D eigenvalue weighted by atomic mass is 16.7. The lowest BCUT2D eigenvalue weighted by Gasteiger charge is -2.63. The molecule has 10 heteroatoms. The van der Waals surface area contributed by atoms with Crippen LogP contribution in [0.1, 0.15) is 99.8 Å². The van der Waals surface area contributed by atoms with Crippen molar-refractivity contribution in [1.82, 2.24) is 0 Å². The van der Waals surface area contributed by atoms with Gasteiger partial charge in [0.1, 0.15) is 12.9 Å². The lowest BCUT2D eigenvalue weighted by Crippen LogP contribution is -2.70. The highest BCUT2D eigenvalue weighted by Gasteiger charge is 2.85. The third kappa shape index (κ3) is 4.52. The average molecular weight is 634 g/mol. The van der Waals surface area contributed by atoms with Gasteiger partial charge in [-0.3, -0.25) is 9.59 Å². The Morgan fingerprint density at radius 3 is 2.38 bits per heavy atom. The predicted molar refractivity (Wildman–Crippen MR) is 164 cm³/mol. The van der Waals surface area contributed by atoms with Crippen molar-refractivity contribution >= 4 is 18.5 Å². The maximum atomic E-state index is 12.3. The number of aliphatic hydroxyl groups is 2. The predicted octanol–water partition coefficient (Wildman–Crippen LogP) is 3.32. The number of esters is 1. The number of carbonyl (C=O) groups excluding carboxylic acids is 3.